The predicted molar refractivity (Wildman–Crippen MR) is 83.2 cm³/mol. The number of hydrogen-bond donors (Lipinski definition) is 1. The van der Waals surface area contributed by atoms with Crippen LogP contribution in [0.15, 0.2) is 16.6 Å². The van der Waals surface area contributed by atoms with Crippen molar-refractivity contribution >= 4 is 15.9 Å². The van der Waals surface area contributed by atoms with Gasteiger partial charge >= 0.3 is 0 Å². The SMILES string of the molecule is Cc1cc(Br)cc(CNC2CC2)c1OC1CCCOC1. The first-order valence-corrected chi connectivity index (χ1v) is 8.28. The van der Waals surface area contributed by atoms with Crippen molar-refractivity contribution in [1.29, 1.82) is 0 Å². The van der Waals surface area contributed by atoms with Crippen molar-refractivity contribution in [3.05, 3.63) is 27.7 Å². The van der Waals surface area contributed by atoms with E-state index in [-0.39, 0.29) is 6.10 Å². The fourth-order valence-electron chi connectivity index (χ4n) is 2.61. The number of benzene rings is 1. The lowest BCUT2D eigenvalue weighted by molar-refractivity contribution is 0.00671. The lowest BCUT2D eigenvalue weighted by Crippen LogP contribution is -2.29. The number of rotatable bonds is 5. The number of nitrogens with one attached hydrogen (secondary N) is 1. The van der Waals surface area contributed by atoms with E-state index >= 15 is 0 Å². The van der Waals surface area contributed by atoms with Gasteiger partial charge in [0, 0.05) is 29.2 Å². The van der Waals surface area contributed by atoms with E-state index in [9.17, 15) is 0 Å². The second-order valence-electron chi connectivity index (χ2n) is 5.82. The maximum absolute atomic E-state index is 6.24. The van der Waals surface area contributed by atoms with Gasteiger partial charge in [-0.05, 0) is 50.3 Å². The van der Waals surface area contributed by atoms with E-state index in [2.05, 4.69) is 40.3 Å². The fourth-order valence-corrected chi connectivity index (χ4v) is 3.23. The Morgan fingerprint density at radius 1 is 1.35 bits per heavy atom. The van der Waals surface area contributed by atoms with E-state index in [4.69, 9.17) is 9.47 Å². The van der Waals surface area contributed by atoms with Gasteiger partial charge in [0.15, 0.2) is 0 Å². The van der Waals surface area contributed by atoms with Crippen LogP contribution in [0.2, 0.25) is 0 Å². The summed E-state index contributed by atoms with van der Waals surface area (Å²) in [5, 5.41) is 3.57. The molecule has 1 aromatic rings. The van der Waals surface area contributed by atoms with Crippen molar-refractivity contribution in [2.75, 3.05) is 13.2 Å². The lowest BCUT2D eigenvalue weighted by atomic mass is 10.1. The van der Waals surface area contributed by atoms with Crippen LogP contribution in [0.4, 0.5) is 0 Å². The van der Waals surface area contributed by atoms with Crippen LogP contribution < -0.4 is 10.1 Å². The molecule has 3 nitrogen and oxygen atoms in total. The molecule has 1 aliphatic heterocycles. The minimum Gasteiger partial charge on any atom is -0.487 e. The average Bonchev–Trinajstić information content (AvgIpc) is 3.25. The highest BCUT2D eigenvalue weighted by Crippen LogP contribution is 2.31. The monoisotopic (exact) mass is 339 g/mol. The molecule has 110 valence electrons. The van der Waals surface area contributed by atoms with Crippen LogP contribution in [0.25, 0.3) is 0 Å². The van der Waals surface area contributed by atoms with Gasteiger partial charge in [0.05, 0.1) is 6.61 Å². The summed E-state index contributed by atoms with van der Waals surface area (Å²) in [4.78, 5) is 0. The molecule has 1 N–H and O–H groups in total. The van der Waals surface area contributed by atoms with Gasteiger partial charge in [0.1, 0.15) is 11.9 Å². The zero-order valence-corrected chi connectivity index (χ0v) is 13.5. The molecular formula is C16H22BrNO2. The van der Waals surface area contributed by atoms with Gasteiger partial charge in [-0.15, -0.1) is 0 Å². The molecule has 1 aliphatic carbocycles. The summed E-state index contributed by atoms with van der Waals surface area (Å²) in [5.74, 6) is 1.04. The van der Waals surface area contributed by atoms with Crippen LogP contribution in [0, 0.1) is 6.92 Å². The minimum absolute atomic E-state index is 0.198. The van der Waals surface area contributed by atoms with Crippen LogP contribution in [-0.4, -0.2) is 25.4 Å². The molecule has 20 heavy (non-hydrogen) atoms. The van der Waals surface area contributed by atoms with E-state index in [0.29, 0.717) is 12.6 Å². The Balaban J connectivity index is 1.74. The van der Waals surface area contributed by atoms with E-state index in [1.54, 1.807) is 0 Å². The van der Waals surface area contributed by atoms with Crippen LogP contribution >= 0.6 is 15.9 Å². The normalized spacial score (nSPS) is 22.8. The van der Waals surface area contributed by atoms with Crippen LogP contribution in [-0.2, 0) is 11.3 Å². The Hall–Kier alpha value is -0.580. The van der Waals surface area contributed by atoms with Crippen LogP contribution in [0.5, 0.6) is 5.75 Å². The summed E-state index contributed by atoms with van der Waals surface area (Å²) >= 11 is 3.59. The van der Waals surface area contributed by atoms with Crippen molar-refractivity contribution in [2.24, 2.45) is 0 Å². The molecule has 1 unspecified atom stereocenters. The highest BCUT2D eigenvalue weighted by molar-refractivity contribution is 9.10. The summed E-state index contributed by atoms with van der Waals surface area (Å²) < 4.78 is 12.9. The van der Waals surface area contributed by atoms with Crippen LogP contribution in [0.3, 0.4) is 0 Å². The van der Waals surface area contributed by atoms with Crippen molar-refractivity contribution < 1.29 is 9.47 Å². The molecule has 1 atom stereocenters. The summed E-state index contributed by atoms with van der Waals surface area (Å²) in [6, 6.07) is 5.00. The van der Waals surface area contributed by atoms with Crippen molar-refractivity contribution in [3.8, 4) is 5.75 Å². The Morgan fingerprint density at radius 3 is 2.90 bits per heavy atom. The lowest BCUT2D eigenvalue weighted by Gasteiger charge is -2.26. The van der Waals surface area contributed by atoms with Gasteiger partial charge in [-0.25, -0.2) is 0 Å². The Kier molecular flexibility index (Phi) is 4.64. The summed E-state index contributed by atoms with van der Waals surface area (Å²) in [5.41, 5.74) is 2.44. The zero-order valence-electron chi connectivity index (χ0n) is 12.0. The molecule has 2 fully saturated rings. The zero-order chi connectivity index (χ0) is 13.9. The molecule has 0 bridgehead atoms. The molecule has 0 spiro atoms. The molecule has 1 saturated heterocycles. The standard InChI is InChI=1S/C16H22BrNO2/c1-11-7-13(17)8-12(9-18-14-4-5-14)16(11)20-15-3-2-6-19-10-15/h7-8,14-15,18H,2-6,9-10H2,1H3. The largest absolute Gasteiger partial charge is 0.487 e. The topological polar surface area (TPSA) is 30.5 Å². The van der Waals surface area contributed by atoms with Gasteiger partial charge < -0.3 is 14.8 Å². The minimum atomic E-state index is 0.198. The second kappa shape index (κ2) is 6.46. The number of hydrogen-bond acceptors (Lipinski definition) is 3. The predicted octanol–water partition coefficient (Wildman–Crippen LogP) is 3.57. The Bertz CT molecular complexity index is 468. The van der Waals surface area contributed by atoms with Crippen molar-refractivity contribution in [1.82, 2.24) is 5.32 Å². The van der Waals surface area contributed by atoms with E-state index in [1.165, 1.54) is 24.0 Å². The quantitative estimate of drug-likeness (QED) is 0.889. The fraction of sp³-hybridized carbons (Fsp3) is 0.625. The highest BCUT2D eigenvalue weighted by Gasteiger charge is 2.22. The van der Waals surface area contributed by atoms with Gasteiger partial charge in [-0.2, -0.15) is 0 Å². The summed E-state index contributed by atoms with van der Waals surface area (Å²) in [6.45, 7) is 4.58. The summed E-state index contributed by atoms with van der Waals surface area (Å²) in [6.07, 6.45) is 4.99. The van der Waals surface area contributed by atoms with Crippen LogP contribution in [0.1, 0.15) is 36.8 Å². The van der Waals surface area contributed by atoms with Gasteiger partial charge in [-0.3, -0.25) is 0 Å². The Morgan fingerprint density at radius 2 is 2.20 bits per heavy atom. The third-order valence-corrected chi connectivity index (χ3v) is 4.34. The molecule has 0 radical (unpaired) electrons. The van der Waals surface area contributed by atoms with Crippen molar-refractivity contribution in [3.63, 3.8) is 0 Å². The number of halogens is 1. The van der Waals surface area contributed by atoms with E-state index in [0.717, 1.165) is 36.2 Å². The third-order valence-electron chi connectivity index (χ3n) is 3.88. The molecule has 1 aromatic carbocycles. The maximum atomic E-state index is 6.24. The molecule has 0 aromatic heterocycles. The van der Waals surface area contributed by atoms with E-state index < -0.39 is 0 Å². The first kappa shape index (κ1) is 14.4. The molecular weight excluding hydrogens is 318 g/mol. The van der Waals surface area contributed by atoms with Gasteiger partial charge in [0.25, 0.3) is 0 Å². The molecule has 1 saturated carbocycles. The average molecular weight is 340 g/mol. The summed E-state index contributed by atoms with van der Waals surface area (Å²) in [7, 11) is 0. The molecule has 0 amide bonds. The van der Waals surface area contributed by atoms with Crippen molar-refractivity contribution in [2.45, 2.75) is 51.3 Å². The first-order chi connectivity index (χ1) is 9.72. The molecule has 3 rings (SSSR count). The highest BCUT2D eigenvalue weighted by atomic mass is 79.9. The third kappa shape index (κ3) is 3.74. The molecule has 4 heteroatoms. The van der Waals surface area contributed by atoms with Gasteiger partial charge in [-0.1, -0.05) is 15.9 Å². The van der Waals surface area contributed by atoms with Gasteiger partial charge in [0.2, 0.25) is 0 Å². The smallest absolute Gasteiger partial charge is 0.127 e. The number of aryl methyl sites for hydroxylation is 1. The first-order valence-electron chi connectivity index (χ1n) is 7.49. The Labute approximate surface area is 129 Å². The van der Waals surface area contributed by atoms with E-state index in [1.807, 2.05) is 0 Å². The number of ether oxygens (including phenoxy) is 2. The molecule has 2 aliphatic rings. The maximum Gasteiger partial charge on any atom is 0.127 e. The molecule has 1 heterocycles. The second-order valence-corrected chi connectivity index (χ2v) is 6.74.